The second kappa shape index (κ2) is 5.16. The van der Waals surface area contributed by atoms with Crippen molar-refractivity contribution in [3.8, 4) is 6.07 Å². The highest BCUT2D eigenvalue weighted by atomic mass is 19.1. The average Bonchev–Trinajstić information content (AvgIpc) is 2.25. The third-order valence-corrected chi connectivity index (χ3v) is 1.92. The Balaban J connectivity index is 3.10. The number of hydrogen-bond acceptors (Lipinski definition) is 5. The van der Waals surface area contributed by atoms with E-state index in [0.29, 0.717) is 0 Å². The van der Waals surface area contributed by atoms with Crippen molar-refractivity contribution in [2.24, 2.45) is 0 Å². The summed E-state index contributed by atoms with van der Waals surface area (Å²) in [7, 11) is 0. The van der Waals surface area contributed by atoms with Gasteiger partial charge in [0.2, 0.25) is 0 Å². The SMILES string of the molecule is CCOC(=O)C(C#N)c1ncnc(C)c1F. The Kier molecular flexibility index (Phi) is 3.89. The van der Waals surface area contributed by atoms with E-state index < -0.39 is 17.7 Å². The number of carbonyl (C=O) groups excluding carboxylic acids is 1. The topological polar surface area (TPSA) is 75.9 Å². The molecule has 84 valence electrons. The average molecular weight is 223 g/mol. The molecule has 1 rings (SSSR count). The molecule has 0 spiro atoms. The van der Waals surface area contributed by atoms with Crippen LogP contribution in [0.25, 0.3) is 0 Å². The fraction of sp³-hybridized carbons (Fsp3) is 0.400. The quantitative estimate of drug-likeness (QED) is 0.717. The number of rotatable bonds is 3. The minimum absolute atomic E-state index is 0.0922. The monoisotopic (exact) mass is 223 g/mol. The fourth-order valence-electron chi connectivity index (χ4n) is 1.13. The minimum Gasteiger partial charge on any atom is -0.465 e. The second-order valence-electron chi connectivity index (χ2n) is 2.97. The summed E-state index contributed by atoms with van der Waals surface area (Å²) >= 11 is 0. The van der Waals surface area contributed by atoms with Crippen LogP contribution in [0.15, 0.2) is 6.33 Å². The molecular formula is C10H10FN3O2. The van der Waals surface area contributed by atoms with E-state index in [1.54, 1.807) is 13.0 Å². The zero-order valence-electron chi connectivity index (χ0n) is 8.90. The number of nitriles is 1. The van der Waals surface area contributed by atoms with Crippen molar-refractivity contribution < 1.29 is 13.9 Å². The molecule has 1 aromatic rings. The number of halogens is 1. The lowest BCUT2D eigenvalue weighted by molar-refractivity contribution is -0.143. The molecule has 0 aliphatic carbocycles. The summed E-state index contributed by atoms with van der Waals surface area (Å²) in [5, 5.41) is 8.81. The lowest BCUT2D eigenvalue weighted by Gasteiger charge is -2.08. The van der Waals surface area contributed by atoms with Crippen LogP contribution < -0.4 is 0 Å². The van der Waals surface area contributed by atoms with E-state index in [1.165, 1.54) is 6.92 Å². The van der Waals surface area contributed by atoms with Crippen LogP contribution in [-0.2, 0) is 9.53 Å². The first-order chi connectivity index (χ1) is 7.61. The smallest absolute Gasteiger partial charge is 0.329 e. The van der Waals surface area contributed by atoms with Crippen molar-refractivity contribution in [1.29, 1.82) is 5.26 Å². The van der Waals surface area contributed by atoms with Gasteiger partial charge in [0.25, 0.3) is 0 Å². The first-order valence-electron chi connectivity index (χ1n) is 4.65. The largest absolute Gasteiger partial charge is 0.465 e. The summed E-state index contributed by atoms with van der Waals surface area (Å²) in [5.74, 6) is -2.90. The van der Waals surface area contributed by atoms with Crippen LogP contribution in [-0.4, -0.2) is 22.5 Å². The first-order valence-corrected chi connectivity index (χ1v) is 4.65. The molecular weight excluding hydrogens is 213 g/mol. The van der Waals surface area contributed by atoms with Crippen molar-refractivity contribution in [3.05, 3.63) is 23.5 Å². The predicted molar refractivity (Wildman–Crippen MR) is 51.7 cm³/mol. The van der Waals surface area contributed by atoms with Gasteiger partial charge in [-0.25, -0.2) is 14.4 Å². The maximum absolute atomic E-state index is 13.6. The normalized spacial score (nSPS) is 11.6. The van der Waals surface area contributed by atoms with Crippen LogP contribution in [0, 0.1) is 24.1 Å². The molecule has 0 amide bonds. The lowest BCUT2D eigenvalue weighted by atomic mass is 10.1. The highest BCUT2D eigenvalue weighted by Crippen LogP contribution is 2.18. The van der Waals surface area contributed by atoms with E-state index in [2.05, 4.69) is 14.7 Å². The molecule has 0 fully saturated rings. The zero-order valence-corrected chi connectivity index (χ0v) is 8.90. The van der Waals surface area contributed by atoms with E-state index in [1.807, 2.05) is 0 Å². The van der Waals surface area contributed by atoms with Crippen LogP contribution in [0.1, 0.15) is 24.2 Å². The number of ether oxygens (including phenoxy) is 1. The van der Waals surface area contributed by atoms with Gasteiger partial charge in [-0.15, -0.1) is 0 Å². The third-order valence-electron chi connectivity index (χ3n) is 1.92. The molecule has 0 saturated heterocycles. The number of aryl methyl sites for hydroxylation is 1. The fourth-order valence-corrected chi connectivity index (χ4v) is 1.13. The van der Waals surface area contributed by atoms with Gasteiger partial charge in [-0.3, -0.25) is 4.79 Å². The Morgan fingerprint density at radius 3 is 2.94 bits per heavy atom. The number of hydrogen-bond donors (Lipinski definition) is 0. The molecule has 0 aliphatic rings. The van der Waals surface area contributed by atoms with Crippen LogP contribution in [0.3, 0.4) is 0 Å². The molecule has 0 saturated carbocycles. The summed E-state index contributed by atoms with van der Waals surface area (Å²) in [5.41, 5.74) is -0.150. The number of aromatic nitrogens is 2. The Hall–Kier alpha value is -2.03. The molecule has 0 bridgehead atoms. The van der Waals surface area contributed by atoms with E-state index in [0.717, 1.165) is 6.33 Å². The molecule has 1 heterocycles. The number of carbonyl (C=O) groups is 1. The molecule has 0 aliphatic heterocycles. The van der Waals surface area contributed by atoms with E-state index in [-0.39, 0.29) is 18.0 Å². The zero-order chi connectivity index (χ0) is 12.1. The third kappa shape index (κ3) is 2.31. The molecule has 1 aromatic heterocycles. The van der Waals surface area contributed by atoms with Crippen molar-refractivity contribution >= 4 is 5.97 Å². The van der Waals surface area contributed by atoms with Crippen LogP contribution in [0.2, 0.25) is 0 Å². The summed E-state index contributed by atoms with van der Waals surface area (Å²) in [6.45, 7) is 3.16. The number of nitrogens with zero attached hydrogens (tertiary/aromatic N) is 3. The highest BCUT2D eigenvalue weighted by molar-refractivity contribution is 5.80. The van der Waals surface area contributed by atoms with Crippen molar-refractivity contribution in [3.63, 3.8) is 0 Å². The van der Waals surface area contributed by atoms with Gasteiger partial charge in [0.05, 0.1) is 18.4 Å². The van der Waals surface area contributed by atoms with Gasteiger partial charge >= 0.3 is 5.97 Å². The standard InChI is InChI=1S/C10H10FN3O2/c1-3-16-10(15)7(4-12)9-8(11)6(2)13-5-14-9/h5,7H,3H2,1-2H3. The summed E-state index contributed by atoms with van der Waals surface area (Å²) < 4.78 is 18.2. The minimum atomic E-state index is -1.35. The molecule has 0 aromatic carbocycles. The van der Waals surface area contributed by atoms with Gasteiger partial charge in [0.1, 0.15) is 12.0 Å². The molecule has 1 atom stereocenters. The molecule has 0 radical (unpaired) electrons. The number of esters is 1. The van der Waals surface area contributed by atoms with Gasteiger partial charge in [0.15, 0.2) is 11.7 Å². The van der Waals surface area contributed by atoms with E-state index in [4.69, 9.17) is 5.26 Å². The summed E-state index contributed by atoms with van der Waals surface area (Å²) in [4.78, 5) is 18.6. The Morgan fingerprint density at radius 2 is 2.38 bits per heavy atom. The van der Waals surface area contributed by atoms with Crippen LogP contribution >= 0.6 is 0 Å². The molecule has 16 heavy (non-hydrogen) atoms. The van der Waals surface area contributed by atoms with E-state index in [9.17, 15) is 9.18 Å². The van der Waals surface area contributed by atoms with Crippen LogP contribution in [0.5, 0.6) is 0 Å². The van der Waals surface area contributed by atoms with Crippen molar-refractivity contribution in [1.82, 2.24) is 9.97 Å². The van der Waals surface area contributed by atoms with Gasteiger partial charge in [-0.2, -0.15) is 5.26 Å². The maximum Gasteiger partial charge on any atom is 0.329 e. The Labute approximate surface area is 91.9 Å². The van der Waals surface area contributed by atoms with Gasteiger partial charge in [0, 0.05) is 0 Å². The molecule has 5 nitrogen and oxygen atoms in total. The first kappa shape index (κ1) is 12.0. The van der Waals surface area contributed by atoms with Crippen molar-refractivity contribution in [2.45, 2.75) is 19.8 Å². The molecule has 1 unspecified atom stereocenters. The maximum atomic E-state index is 13.6. The summed E-state index contributed by atoms with van der Waals surface area (Å²) in [6.07, 6.45) is 1.11. The predicted octanol–water partition coefficient (Wildman–Crippen LogP) is 1.09. The lowest BCUT2D eigenvalue weighted by Crippen LogP contribution is -2.17. The molecule has 6 heteroatoms. The van der Waals surface area contributed by atoms with Gasteiger partial charge in [-0.05, 0) is 13.8 Å². The van der Waals surface area contributed by atoms with Gasteiger partial charge in [-0.1, -0.05) is 0 Å². The van der Waals surface area contributed by atoms with Crippen LogP contribution in [0.4, 0.5) is 4.39 Å². The van der Waals surface area contributed by atoms with E-state index >= 15 is 0 Å². The highest BCUT2D eigenvalue weighted by Gasteiger charge is 2.27. The summed E-state index contributed by atoms with van der Waals surface area (Å²) in [6, 6.07) is 1.67. The van der Waals surface area contributed by atoms with Crippen molar-refractivity contribution in [2.75, 3.05) is 6.61 Å². The second-order valence-corrected chi connectivity index (χ2v) is 2.97. The Morgan fingerprint density at radius 1 is 1.69 bits per heavy atom. The Bertz CT molecular complexity index is 442. The van der Waals surface area contributed by atoms with Gasteiger partial charge < -0.3 is 4.74 Å². The molecule has 0 N–H and O–H groups in total.